The molecule has 1 aromatic heterocycles. The maximum Gasteiger partial charge on any atom is 0.145 e. The second kappa shape index (κ2) is 8.76. The molecule has 3 aromatic rings. The van der Waals surface area contributed by atoms with Crippen molar-refractivity contribution in [2.45, 2.75) is 19.0 Å². The number of benzene rings is 2. The van der Waals surface area contributed by atoms with Crippen molar-refractivity contribution in [3.8, 4) is 5.75 Å². The number of halogens is 1. The Morgan fingerprint density at radius 3 is 2.69 bits per heavy atom. The minimum atomic E-state index is -0.219. The summed E-state index contributed by atoms with van der Waals surface area (Å²) in [6.07, 6.45) is 0.689. The Kier molecular flexibility index (Phi) is 5.92. The molecule has 0 amide bonds. The first-order valence-corrected chi connectivity index (χ1v) is 9.96. The van der Waals surface area contributed by atoms with Gasteiger partial charge in [0.25, 0.3) is 0 Å². The molecule has 1 fully saturated rings. The molecule has 0 saturated carbocycles. The minimum Gasteiger partial charge on any atom is -0.494 e. The van der Waals surface area contributed by atoms with E-state index in [2.05, 4.69) is 15.9 Å². The number of aliphatic hydroxyl groups excluding tert-OH is 1. The molecule has 1 atom stereocenters. The first kappa shape index (κ1) is 19.6. The van der Waals surface area contributed by atoms with Crippen LogP contribution in [0.3, 0.4) is 0 Å². The molecule has 29 heavy (non-hydrogen) atoms. The lowest BCUT2D eigenvalue weighted by Crippen LogP contribution is -2.53. The van der Waals surface area contributed by atoms with Crippen molar-refractivity contribution in [2.24, 2.45) is 0 Å². The molecule has 6 heteroatoms. The highest BCUT2D eigenvalue weighted by Gasteiger charge is 2.27. The van der Waals surface area contributed by atoms with Crippen molar-refractivity contribution in [3.05, 3.63) is 66.0 Å². The molecule has 0 bridgehead atoms. The van der Waals surface area contributed by atoms with Crippen LogP contribution in [0.25, 0.3) is 10.9 Å². The third-order valence-electron chi connectivity index (χ3n) is 5.58. The molecule has 2 aromatic carbocycles. The summed E-state index contributed by atoms with van der Waals surface area (Å²) in [7, 11) is 1.66. The standard InChI is InChI=1S/C23H26FN3O2/c1-29-21-4-2-3-18-7-10-22(25-23(18)21)27-13-12-26(20(16-27)11-14-28)15-17-5-8-19(24)9-6-17/h2-10,20,28H,11-16H2,1H3/t20-/m0/s1. The molecule has 1 aliphatic rings. The number of anilines is 1. The summed E-state index contributed by atoms with van der Waals surface area (Å²) in [5, 5.41) is 10.6. The predicted octanol–water partition coefficient (Wildman–Crippen LogP) is 3.46. The van der Waals surface area contributed by atoms with Crippen LogP contribution in [0.2, 0.25) is 0 Å². The van der Waals surface area contributed by atoms with Gasteiger partial charge < -0.3 is 14.7 Å². The van der Waals surface area contributed by atoms with Crippen LogP contribution in [0, 0.1) is 5.82 Å². The third kappa shape index (κ3) is 4.33. The summed E-state index contributed by atoms with van der Waals surface area (Å²) in [4.78, 5) is 9.50. The molecule has 0 unspecified atom stereocenters. The van der Waals surface area contributed by atoms with Gasteiger partial charge in [-0.2, -0.15) is 0 Å². The number of hydrogen-bond donors (Lipinski definition) is 1. The molecular weight excluding hydrogens is 369 g/mol. The lowest BCUT2D eigenvalue weighted by atomic mass is 10.1. The highest BCUT2D eigenvalue weighted by atomic mass is 19.1. The summed E-state index contributed by atoms with van der Waals surface area (Å²) in [6.45, 7) is 3.37. The van der Waals surface area contributed by atoms with Crippen LogP contribution in [0.15, 0.2) is 54.6 Å². The Balaban J connectivity index is 1.53. The van der Waals surface area contributed by atoms with E-state index in [-0.39, 0.29) is 18.5 Å². The van der Waals surface area contributed by atoms with Crippen LogP contribution in [0.4, 0.5) is 10.2 Å². The van der Waals surface area contributed by atoms with E-state index in [0.717, 1.165) is 54.2 Å². The summed E-state index contributed by atoms with van der Waals surface area (Å²) < 4.78 is 18.7. The van der Waals surface area contributed by atoms with E-state index in [1.807, 2.05) is 36.4 Å². The number of para-hydroxylation sites is 1. The predicted molar refractivity (Wildman–Crippen MR) is 113 cm³/mol. The van der Waals surface area contributed by atoms with E-state index in [9.17, 15) is 9.50 Å². The highest BCUT2D eigenvalue weighted by Crippen LogP contribution is 2.28. The van der Waals surface area contributed by atoms with Gasteiger partial charge >= 0.3 is 0 Å². The van der Waals surface area contributed by atoms with Gasteiger partial charge in [-0.05, 0) is 42.3 Å². The number of fused-ring (bicyclic) bond motifs is 1. The fourth-order valence-electron chi connectivity index (χ4n) is 4.01. The first-order valence-electron chi connectivity index (χ1n) is 9.96. The molecular formula is C23H26FN3O2. The van der Waals surface area contributed by atoms with Gasteiger partial charge in [0, 0.05) is 44.2 Å². The van der Waals surface area contributed by atoms with Crippen molar-refractivity contribution in [2.75, 3.05) is 38.3 Å². The Morgan fingerprint density at radius 2 is 1.93 bits per heavy atom. The molecule has 5 nitrogen and oxygen atoms in total. The van der Waals surface area contributed by atoms with Gasteiger partial charge in [-0.3, -0.25) is 4.90 Å². The average molecular weight is 395 g/mol. The van der Waals surface area contributed by atoms with Crippen LogP contribution in [0.5, 0.6) is 5.75 Å². The third-order valence-corrected chi connectivity index (χ3v) is 5.58. The molecule has 0 aliphatic carbocycles. The Hall–Kier alpha value is -2.70. The highest BCUT2D eigenvalue weighted by molar-refractivity contribution is 5.86. The Morgan fingerprint density at radius 1 is 1.10 bits per heavy atom. The minimum absolute atomic E-state index is 0.136. The normalized spacial score (nSPS) is 17.6. The molecule has 4 rings (SSSR count). The molecule has 0 radical (unpaired) electrons. The van der Waals surface area contributed by atoms with Crippen LogP contribution in [-0.2, 0) is 6.54 Å². The summed E-state index contributed by atoms with van der Waals surface area (Å²) >= 11 is 0. The number of aliphatic hydroxyl groups is 1. The number of aromatic nitrogens is 1. The fraction of sp³-hybridized carbons (Fsp3) is 0.348. The second-order valence-electron chi connectivity index (χ2n) is 7.41. The van der Waals surface area contributed by atoms with E-state index in [1.54, 1.807) is 7.11 Å². The van der Waals surface area contributed by atoms with E-state index in [0.29, 0.717) is 6.42 Å². The lowest BCUT2D eigenvalue weighted by molar-refractivity contribution is 0.135. The van der Waals surface area contributed by atoms with E-state index >= 15 is 0 Å². The van der Waals surface area contributed by atoms with Crippen molar-refractivity contribution < 1.29 is 14.2 Å². The molecule has 0 spiro atoms. The molecule has 2 heterocycles. The zero-order valence-corrected chi connectivity index (χ0v) is 16.6. The average Bonchev–Trinajstić information content (AvgIpc) is 2.76. The Labute approximate surface area is 170 Å². The van der Waals surface area contributed by atoms with Crippen LogP contribution < -0.4 is 9.64 Å². The number of rotatable bonds is 6. The van der Waals surface area contributed by atoms with E-state index in [1.165, 1.54) is 12.1 Å². The smallest absolute Gasteiger partial charge is 0.145 e. The quantitative estimate of drug-likeness (QED) is 0.693. The van der Waals surface area contributed by atoms with Crippen LogP contribution >= 0.6 is 0 Å². The molecule has 1 aliphatic heterocycles. The Bertz CT molecular complexity index is 964. The number of ether oxygens (including phenoxy) is 1. The van der Waals surface area contributed by atoms with Gasteiger partial charge in [0.2, 0.25) is 0 Å². The van der Waals surface area contributed by atoms with Crippen molar-refractivity contribution in [3.63, 3.8) is 0 Å². The summed E-state index contributed by atoms with van der Waals surface area (Å²) in [5.74, 6) is 1.47. The number of piperazine rings is 1. The van der Waals surface area contributed by atoms with E-state index < -0.39 is 0 Å². The van der Waals surface area contributed by atoms with Crippen LogP contribution in [0.1, 0.15) is 12.0 Å². The second-order valence-corrected chi connectivity index (χ2v) is 7.41. The monoisotopic (exact) mass is 395 g/mol. The SMILES string of the molecule is COc1cccc2ccc(N3CCN(Cc4ccc(F)cc4)[C@@H](CCO)C3)nc12. The van der Waals surface area contributed by atoms with Crippen LogP contribution in [-0.4, -0.2) is 54.4 Å². The largest absolute Gasteiger partial charge is 0.494 e. The maximum atomic E-state index is 13.2. The zero-order chi connectivity index (χ0) is 20.2. The lowest BCUT2D eigenvalue weighted by Gasteiger charge is -2.42. The number of pyridine rings is 1. The number of methoxy groups -OCH3 is 1. The summed E-state index contributed by atoms with van der Waals surface area (Å²) in [6, 6.07) is 16.9. The van der Waals surface area contributed by atoms with Crippen molar-refractivity contribution >= 4 is 16.7 Å². The van der Waals surface area contributed by atoms with Crippen molar-refractivity contribution in [1.82, 2.24) is 9.88 Å². The molecule has 1 N–H and O–H groups in total. The number of hydrogen-bond acceptors (Lipinski definition) is 5. The van der Waals surface area contributed by atoms with Crippen molar-refractivity contribution in [1.29, 1.82) is 0 Å². The maximum absolute atomic E-state index is 13.2. The number of nitrogens with zero attached hydrogens (tertiary/aromatic N) is 3. The first-order chi connectivity index (χ1) is 14.2. The fourth-order valence-corrected chi connectivity index (χ4v) is 4.01. The molecule has 152 valence electrons. The van der Waals surface area contributed by atoms with Gasteiger partial charge in [-0.15, -0.1) is 0 Å². The van der Waals surface area contributed by atoms with Gasteiger partial charge in [-0.25, -0.2) is 9.37 Å². The van der Waals surface area contributed by atoms with Gasteiger partial charge in [0.15, 0.2) is 0 Å². The molecule has 1 saturated heterocycles. The van der Waals surface area contributed by atoms with Gasteiger partial charge in [-0.1, -0.05) is 24.3 Å². The zero-order valence-electron chi connectivity index (χ0n) is 16.6. The topological polar surface area (TPSA) is 48.8 Å². The van der Waals surface area contributed by atoms with Gasteiger partial charge in [0.1, 0.15) is 22.9 Å². The van der Waals surface area contributed by atoms with Gasteiger partial charge in [0.05, 0.1) is 7.11 Å². The summed E-state index contributed by atoms with van der Waals surface area (Å²) in [5.41, 5.74) is 1.94. The van der Waals surface area contributed by atoms with E-state index in [4.69, 9.17) is 9.72 Å².